The zero-order valence-electron chi connectivity index (χ0n) is 10.1. The lowest BCUT2D eigenvalue weighted by atomic mass is 10.2. The summed E-state index contributed by atoms with van der Waals surface area (Å²) in [5, 5.41) is 3.03. The van der Waals surface area contributed by atoms with Crippen LogP contribution in [0.5, 0.6) is 0 Å². The lowest BCUT2D eigenvalue weighted by Crippen LogP contribution is -2.09. The van der Waals surface area contributed by atoms with E-state index in [1.807, 2.05) is 0 Å². The van der Waals surface area contributed by atoms with Gasteiger partial charge in [-0.1, -0.05) is 0 Å². The maximum absolute atomic E-state index is 11.9. The second kappa shape index (κ2) is 5.95. The monoisotopic (exact) mass is 317 g/mol. The molecule has 1 rings (SSSR count). The van der Waals surface area contributed by atoms with Crippen LogP contribution in [0.15, 0.2) is 4.90 Å². The average Bonchev–Trinajstić information content (AvgIpc) is 2.57. The molecule has 10 heteroatoms. The zero-order valence-corrected chi connectivity index (χ0v) is 11.8. The fraction of sp³-hybridized carbons (Fsp3) is 0.667. The van der Waals surface area contributed by atoms with Gasteiger partial charge in [-0.25, -0.2) is 8.42 Å². The number of alkyl halides is 3. The Balaban J connectivity index is 2.52. The molecule has 5 nitrogen and oxygen atoms in total. The van der Waals surface area contributed by atoms with Crippen LogP contribution in [0.25, 0.3) is 0 Å². The second-order valence-corrected chi connectivity index (χ2v) is 6.72. The third-order valence-corrected chi connectivity index (χ3v) is 4.32. The van der Waals surface area contributed by atoms with Gasteiger partial charge in [-0.15, -0.1) is 0 Å². The summed E-state index contributed by atoms with van der Waals surface area (Å²) in [7, 11) is -3.51. The largest absolute Gasteiger partial charge is 0.389 e. The molecule has 0 aliphatic heterocycles. The maximum atomic E-state index is 11.9. The van der Waals surface area contributed by atoms with Gasteiger partial charge in [0.2, 0.25) is 0 Å². The van der Waals surface area contributed by atoms with Gasteiger partial charge in [0.15, 0.2) is 15.7 Å². The van der Waals surface area contributed by atoms with Gasteiger partial charge in [-0.05, 0) is 24.4 Å². The van der Waals surface area contributed by atoms with Crippen molar-refractivity contribution < 1.29 is 21.6 Å². The predicted octanol–water partition coefficient (Wildman–Crippen LogP) is 2.27. The minimum Gasteiger partial charge on any atom is -0.382 e. The van der Waals surface area contributed by atoms with E-state index in [1.54, 1.807) is 0 Å². The number of hydrogen-bond donors (Lipinski definition) is 2. The fourth-order valence-corrected chi connectivity index (χ4v) is 3.51. The minimum absolute atomic E-state index is 0.0149. The zero-order chi connectivity index (χ0) is 14.7. The molecule has 110 valence electrons. The Kier molecular flexibility index (Phi) is 5.02. The topological polar surface area (TPSA) is 85.1 Å². The van der Waals surface area contributed by atoms with Crippen LogP contribution in [0, 0.1) is 0 Å². The minimum atomic E-state index is -4.16. The summed E-state index contributed by atoms with van der Waals surface area (Å²) in [5.74, 6) is -0.0923. The van der Waals surface area contributed by atoms with E-state index in [9.17, 15) is 21.6 Å². The summed E-state index contributed by atoms with van der Waals surface area (Å²) in [5.41, 5.74) is 5.45. The molecule has 0 aromatic carbocycles. The SMILES string of the molecule is CS(=O)(=O)c1c(N)nsc1NCCCCC(F)(F)F. The van der Waals surface area contributed by atoms with Crippen LogP contribution < -0.4 is 11.1 Å². The first-order valence-corrected chi connectivity index (χ1v) is 8.03. The van der Waals surface area contributed by atoms with E-state index in [0.717, 1.165) is 17.8 Å². The van der Waals surface area contributed by atoms with Crippen LogP contribution in [-0.4, -0.2) is 31.8 Å². The van der Waals surface area contributed by atoms with E-state index in [1.165, 1.54) is 0 Å². The van der Waals surface area contributed by atoms with Crippen molar-refractivity contribution in [2.24, 2.45) is 0 Å². The van der Waals surface area contributed by atoms with Crippen molar-refractivity contribution in [3.63, 3.8) is 0 Å². The van der Waals surface area contributed by atoms with Crippen LogP contribution in [0.1, 0.15) is 19.3 Å². The normalized spacial score (nSPS) is 12.6. The summed E-state index contributed by atoms with van der Waals surface area (Å²) in [4.78, 5) is -0.0895. The molecule has 1 aromatic rings. The Hall–Kier alpha value is -1.03. The first-order chi connectivity index (χ1) is 8.61. The van der Waals surface area contributed by atoms with Crippen molar-refractivity contribution in [1.29, 1.82) is 0 Å². The van der Waals surface area contributed by atoms with Gasteiger partial charge in [0.25, 0.3) is 0 Å². The van der Waals surface area contributed by atoms with Crippen molar-refractivity contribution in [1.82, 2.24) is 4.37 Å². The summed E-state index contributed by atoms with van der Waals surface area (Å²) < 4.78 is 62.3. The molecule has 0 saturated carbocycles. The number of nitrogen functional groups attached to an aromatic ring is 1. The van der Waals surface area contributed by atoms with Gasteiger partial charge in [0, 0.05) is 19.2 Å². The van der Waals surface area contributed by atoms with Gasteiger partial charge in [0.05, 0.1) is 0 Å². The lowest BCUT2D eigenvalue weighted by molar-refractivity contribution is -0.135. The number of hydrogen-bond acceptors (Lipinski definition) is 6. The number of nitrogens with two attached hydrogens (primary N) is 1. The molecule has 0 spiro atoms. The Morgan fingerprint density at radius 1 is 1.37 bits per heavy atom. The van der Waals surface area contributed by atoms with E-state index >= 15 is 0 Å². The molecule has 19 heavy (non-hydrogen) atoms. The number of aromatic nitrogens is 1. The highest BCUT2D eigenvalue weighted by molar-refractivity contribution is 7.91. The van der Waals surface area contributed by atoms with Gasteiger partial charge in [-0.3, -0.25) is 0 Å². The summed E-state index contributed by atoms with van der Waals surface area (Å²) in [6, 6.07) is 0. The number of halogens is 3. The van der Waals surface area contributed by atoms with Crippen LogP contribution in [0.3, 0.4) is 0 Å². The standard InChI is InChI=1S/C9H14F3N3O2S2/c1-19(16,17)6-7(13)15-18-8(6)14-5-3-2-4-9(10,11)12/h14H,2-5H2,1H3,(H2,13,15). The van der Waals surface area contributed by atoms with Crippen molar-refractivity contribution in [2.45, 2.75) is 30.3 Å². The smallest absolute Gasteiger partial charge is 0.382 e. The maximum Gasteiger partial charge on any atom is 0.389 e. The van der Waals surface area contributed by atoms with Gasteiger partial charge < -0.3 is 11.1 Å². The van der Waals surface area contributed by atoms with Gasteiger partial charge >= 0.3 is 6.18 Å². The molecule has 0 radical (unpaired) electrons. The number of rotatable bonds is 6. The van der Waals surface area contributed by atoms with Crippen LogP contribution >= 0.6 is 11.5 Å². The van der Waals surface area contributed by atoms with Gasteiger partial charge in [0.1, 0.15) is 9.90 Å². The van der Waals surface area contributed by atoms with Crippen molar-refractivity contribution >= 4 is 32.2 Å². The lowest BCUT2D eigenvalue weighted by Gasteiger charge is -2.07. The van der Waals surface area contributed by atoms with E-state index in [4.69, 9.17) is 5.73 Å². The Labute approximate surface area is 113 Å². The highest BCUT2D eigenvalue weighted by atomic mass is 32.2. The first-order valence-electron chi connectivity index (χ1n) is 5.37. The fourth-order valence-electron chi connectivity index (χ4n) is 1.42. The number of sulfone groups is 1. The van der Waals surface area contributed by atoms with Crippen LogP contribution in [0.4, 0.5) is 24.0 Å². The quantitative estimate of drug-likeness (QED) is 0.786. The van der Waals surface area contributed by atoms with E-state index in [-0.39, 0.29) is 35.1 Å². The number of nitrogens with zero attached hydrogens (tertiary/aromatic N) is 1. The second-order valence-electron chi connectivity index (χ2n) is 4.00. The summed E-state index contributed by atoms with van der Waals surface area (Å²) >= 11 is 0.879. The first kappa shape index (κ1) is 16.0. The van der Waals surface area contributed by atoms with E-state index in [0.29, 0.717) is 0 Å². The molecule has 0 atom stereocenters. The van der Waals surface area contributed by atoms with Gasteiger partial charge in [-0.2, -0.15) is 17.5 Å². The highest BCUT2D eigenvalue weighted by Crippen LogP contribution is 2.31. The van der Waals surface area contributed by atoms with Crippen molar-refractivity contribution in [3.05, 3.63) is 0 Å². The van der Waals surface area contributed by atoms with E-state index < -0.39 is 22.4 Å². The van der Waals surface area contributed by atoms with Crippen molar-refractivity contribution in [3.8, 4) is 0 Å². The van der Waals surface area contributed by atoms with Crippen LogP contribution in [0.2, 0.25) is 0 Å². The molecule has 1 heterocycles. The molecular formula is C9H14F3N3O2S2. The number of nitrogens with one attached hydrogen (secondary N) is 1. The summed E-state index contributed by atoms with van der Waals surface area (Å²) in [6.45, 7) is 0.236. The molecule has 0 saturated heterocycles. The Bertz CT molecular complexity index is 525. The third-order valence-electron chi connectivity index (χ3n) is 2.22. The predicted molar refractivity (Wildman–Crippen MR) is 68.0 cm³/mol. The average molecular weight is 317 g/mol. The molecule has 0 aliphatic carbocycles. The molecule has 0 fully saturated rings. The molecule has 0 bridgehead atoms. The Morgan fingerprint density at radius 2 is 2.00 bits per heavy atom. The molecule has 0 aliphatic rings. The Morgan fingerprint density at radius 3 is 2.53 bits per heavy atom. The third kappa shape index (κ3) is 5.23. The highest BCUT2D eigenvalue weighted by Gasteiger charge is 2.26. The number of unbranched alkanes of at least 4 members (excludes halogenated alkanes) is 1. The number of anilines is 2. The van der Waals surface area contributed by atoms with Crippen LogP contribution in [-0.2, 0) is 9.84 Å². The summed E-state index contributed by atoms with van der Waals surface area (Å²) in [6.07, 6.45) is -3.74. The van der Waals surface area contributed by atoms with E-state index in [2.05, 4.69) is 9.69 Å². The van der Waals surface area contributed by atoms with Crippen molar-refractivity contribution in [2.75, 3.05) is 23.9 Å². The molecular weight excluding hydrogens is 303 g/mol. The molecule has 0 amide bonds. The molecule has 3 N–H and O–H groups in total. The molecule has 0 unspecified atom stereocenters. The molecule has 1 aromatic heterocycles.